The maximum atomic E-state index is 12.3. The highest BCUT2D eigenvalue weighted by atomic mass is 16.6. The molecule has 29 heavy (non-hydrogen) atoms. The quantitative estimate of drug-likeness (QED) is 0.490. The minimum atomic E-state index is -0.686. The Bertz CT molecular complexity index is 829. The second-order valence-corrected chi connectivity index (χ2v) is 6.99. The third kappa shape index (κ3) is 6.75. The minimum absolute atomic E-state index is 0.172. The van der Waals surface area contributed by atoms with Crippen molar-refractivity contribution in [3.05, 3.63) is 65.2 Å². The third-order valence-electron chi connectivity index (χ3n) is 4.49. The molecule has 0 heterocycles. The summed E-state index contributed by atoms with van der Waals surface area (Å²) in [6, 6.07) is 14.5. The van der Waals surface area contributed by atoms with E-state index >= 15 is 0 Å². The van der Waals surface area contributed by atoms with Crippen LogP contribution in [0.2, 0.25) is 0 Å². The summed E-state index contributed by atoms with van der Waals surface area (Å²) in [5.74, 6) is -0.608. The Kier molecular flexibility index (Phi) is 8.40. The fraction of sp³-hybridized carbons (Fsp3) is 0.348. The van der Waals surface area contributed by atoms with E-state index in [1.807, 2.05) is 38.1 Å². The highest BCUT2D eigenvalue weighted by molar-refractivity contribution is 5.82. The van der Waals surface area contributed by atoms with Gasteiger partial charge in [0, 0.05) is 0 Å². The lowest BCUT2D eigenvalue weighted by atomic mass is 9.95. The van der Waals surface area contributed by atoms with Crippen LogP contribution in [0.25, 0.3) is 0 Å². The third-order valence-corrected chi connectivity index (χ3v) is 4.49. The number of hydrogen-bond acceptors (Lipinski definition) is 5. The molecule has 2 aromatic rings. The van der Waals surface area contributed by atoms with Crippen LogP contribution in [0.1, 0.15) is 48.3 Å². The Morgan fingerprint density at radius 1 is 1.03 bits per heavy atom. The molecule has 0 saturated heterocycles. The van der Waals surface area contributed by atoms with Gasteiger partial charge in [0.25, 0.3) is 5.91 Å². The van der Waals surface area contributed by atoms with E-state index < -0.39 is 12.6 Å². The van der Waals surface area contributed by atoms with Crippen molar-refractivity contribution in [2.45, 2.75) is 33.2 Å². The summed E-state index contributed by atoms with van der Waals surface area (Å²) in [6.07, 6.45) is 1.60. The lowest BCUT2D eigenvalue weighted by molar-refractivity contribution is -0.150. The Balaban J connectivity index is 1.85. The van der Waals surface area contributed by atoms with E-state index in [2.05, 4.69) is 12.2 Å². The zero-order chi connectivity index (χ0) is 21.2. The molecule has 0 aliphatic rings. The number of benzene rings is 2. The van der Waals surface area contributed by atoms with Crippen molar-refractivity contribution in [3.63, 3.8) is 0 Å². The van der Waals surface area contributed by atoms with Gasteiger partial charge in [-0.25, -0.2) is 4.79 Å². The highest BCUT2D eigenvalue weighted by Gasteiger charge is 2.19. The Labute approximate surface area is 171 Å². The molecule has 0 bridgehead atoms. The largest absolute Gasteiger partial charge is 0.481 e. The fourth-order valence-corrected chi connectivity index (χ4v) is 2.84. The lowest BCUT2D eigenvalue weighted by Crippen LogP contribution is -2.35. The topological polar surface area (TPSA) is 81.7 Å². The molecule has 1 N–H and O–H groups in total. The summed E-state index contributed by atoms with van der Waals surface area (Å²) in [4.78, 5) is 35.1. The van der Waals surface area contributed by atoms with Gasteiger partial charge in [0.05, 0.1) is 11.6 Å². The van der Waals surface area contributed by atoms with Crippen LogP contribution < -0.4 is 10.1 Å². The van der Waals surface area contributed by atoms with Crippen molar-refractivity contribution in [1.82, 2.24) is 5.32 Å². The summed E-state index contributed by atoms with van der Waals surface area (Å²) in [5.41, 5.74) is 2.57. The van der Waals surface area contributed by atoms with Crippen LogP contribution in [0.4, 0.5) is 0 Å². The number of carbonyl (C=O) groups is 3. The van der Waals surface area contributed by atoms with Gasteiger partial charge in [0.15, 0.2) is 19.5 Å². The number of rotatable bonds is 10. The second kappa shape index (κ2) is 11.0. The van der Waals surface area contributed by atoms with E-state index in [0.29, 0.717) is 17.6 Å². The van der Waals surface area contributed by atoms with Gasteiger partial charge in [-0.05, 0) is 35.6 Å². The van der Waals surface area contributed by atoms with Gasteiger partial charge in [-0.1, -0.05) is 57.2 Å². The molecule has 6 nitrogen and oxygen atoms in total. The number of hydrogen-bond donors (Lipinski definition) is 1. The highest BCUT2D eigenvalue weighted by Crippen LogP contribution is 2.22. The van der Waals surface area contributed by atoms with Crippen LogP contribution in [0.5, 0.6) is 5.75 Å². The average Bonchev–Trinajstić information content (AvgIpc) is 2.74. The average molecular weight is 397 g/mol. The van der Waals surface area contributed by atoms with Crippen molar-refractivity contribution in [3.8, 4) is 5.75 Å². The first kappa shape index (κ1) is 22.1. The van der Waals surface area contributed by atoms with Gasteiger partial charge in [-0.2, -0.15) is 0 Å². The lowest BCUT2D eigenvalue weighted by Gasteiger charge is -2.23. The number of esters is 1. The van der Waals surface area contributed by atoms with Crippen molar-refractivity contribution < 1.29 is 23.9 Å². The number of carbonyl (C=O) groups excluding carboxylic acids is 3. The molecule has 0 unspecified atom stereocenters. The summed E-state index contributed by atoms with van der Waals surface area (Å²) < 4.78 is 10.3. The molecule has 1 amide bonds. The van der Waals surface area contributed by atoms with Gasteiger partial charge in [0.2, 0.25) is 0 Å². The van der Waals surface area contributed by atoms with E-state index in [1.165, 1.54) is 5.56 Å². The molecular formula is C23H27NO5. The zero-order valence-corrected chi connectivity index (χ0v) is 17.0. The Morgan fingerprint density at radius 2 is 1.72 bits per heavy atom. The van der Waals surface area contributed by atoms with E-state index in [-0.39, 0.29) is 24.5 Å². The number of aryl methyl sites for hydroxylation is 1. The molecule has 0 aliphatic carbocycles. The molecule has 0 aliphatic heterocycles. The molecule has 1 atom stereocenters. The molecule has 0 spiro atoms. The number of nitrogens with one attached hydrogen (secondary N) is 1. The van der Waals surface area contributed by atoms with Gasteiger partial charge in [0.1, 0.15) is 5.75 Å². The maximum absolute atomic E-state index is 12.3. The van der Waals surface area contributed by atoms with Gasteiger partial charge in [-0.3, -0.25) is 9.59 Å². The summed E-state index contributed by atoms with van der Waals surface area (Å²) in [5, 5.41) is 2.91. The SMILES string of the molecule is CCc1ccc([C@H](NC(=O)COC(=O)COc2ccccc2C=O)C(C)C)cc1. The van der Waals surface area contributed by atoms with E-state index in [9.17, 15) is 14.4 Å². The van der Waals surface area contributed by atoms with E-state index in [0.717, 1.165) is 12.0 Å². The summed E-state index contributed by atoms with van der Waals surface area (Å²) in [7, 11) is 0. The monoisotopic (exact) mass is 397 g/mol. The minimum Gasteiger partial charge on any atom is -0.481 e. The maximum Gasteiger partial charge on any atom is 0.344 e. The predicted octanol–water partition coefficient (Wildman–Crippen LogP) is 3.50. The molecule has 2 aromatic carbocycles. The molecule has 0 aromatic heterocycles. The van der Waals surface area contributed by atoms with Crippen molar-refractivity contribution >= 4 is 18.2 Å². The normalized spacial score (nSPS) is 11.6. The molecule has 154 valence electrons. The zero-order valence-electron chi connectivity index (χ0n) is 17.0. The van der Waals surface area contributed by atoms with Gasteiger partial charge < -0.3 is 14.8 Å². The molecule has 2 rings (SSSR count). The van der Waals surface area contributed by atoms with Gasteiger partial charge in [-0.15, -0.1) is 0 Å². The van der Waals surface area contributed by atoms with Crippen LogP contribution in [0, 0.1) is 5.92 Å². The standard InChI is InChI=1S/C23H27NO5/c1-4-17-9-11-18(12-10-17)23(16(2)3)24-21(26)14-29-22(27)15-28-20-8-6-5-7-19(20)13-25/h5-13,16,23H,4,14-15H2,1-3H3,(H,24,26)/t23-/m1/s1. The van der Waals surface area contributed by atoms with Crippen LogP contribution in [-0.2, 0) is 20.7 Å². The first-order chi connectivity index (χ1) is 13.9. The Hall–Kier alpha value is -3.15. The number of aldehydes is 1. The van der Waals surface area contributed by atoms with E-state index in [1.54, 1.807) is 24.3 Å². The molecule has 0 fully saturated rings. The number of amides is 1. The van der Waals surface area contributed by atoms with Gasteiger partial charge >= 0.3 is 5.97 Å². The fourth-order valence-electron chi connectivity index (χ4n) is 2.84. The smallest absolute Gasteiger partial charge is 0.344 e. The molecule has 0 radical (unpaired) electrons. The Morgan fingerprint density at radius 3 is 2.34 bits per heavy atom. The van der Waals surface area contributed by atoms with Crippen molar-refractivity contribution in [2.24, 2.45) is 5.92 Å². The van der Waals surface area contributed by atoms with Crippen LogP contribution in [0.15, 0.2) is 48.5 Å². The second-order valence-electron chi connectivity index (χ2n) is 6.99. The van der Waals surface area contributed by atoms with Crippen LogP contribution in [-0.4, -0.2) is 31.4 Å². The summed E-state index contributed by atoms with van der Waals surface area (Å²) in [6.45, 7) is 5.34. The van der Waals surface area contributed by atoms with Crippen LogP contribution in [0.3, 0.4) is 0 Å². The predicted molar refractivity (Wildman–Crippen MR) is 110 cm³/mol. The molecule has 6 heteroatoms. The molecular weight excluding hydrogens is 370 g/mol. The number of para-hydroxylation sites is 1. The van der Waals surface area contributed by atoms with Crippen LogP contribution >= 0.6 is 0 Å². The van der Waals surface area contributed by atoms with Crippen molar-refractivity contribution in [2.75, 3.05) is 13.2 Å². The number of ether oxygens (including phenoxy) is 2. The summed E-state index contributed by atoms with van der Waals surface area (Å²) >= 11 is 0. The first-order valence-corrected chi connectivity index (χ1v) is 9.65. The first-order valence-electron chi connectivity index (χ1n) is 9.65. The molecule has 0 saturated carbocycles. The van der Waals surface area contributed by atoms with Crippen molar-refractivity contribution in [1.29, 1.82) is 0 Å². The van der Waals surface area contributed by atoms with E-state index in [4.69, 9.17) is 9.47 Å².